The highest BCUT2D eigenvalue weighted by Crippen LogP contribution is 2.46. The lowest BCUT2D eigenvalue weighted by molar-refractivity contribution is -0.162. The summed E-state index contributed by atoms with van der Waals surface area (Å²) >= 11 is 0. The Bertz CT molecular complexity index is 1460. The second-order valence-electron chi connectivity index (χ2n) is 10.7. The first-order chi connectivity index (χ1) is 20.3. The summed E-state index contributed by atoms with van der Waals surface area (Å²) in [7, 11) is -4.10. The molecule has 1 aliphatic heterocycles. The van der Waals surface area contributed by atoms with Crippen molar-refractivity contribution in [3.63, 3.8) is 0 Å². The van der Waals surface area contributed by atoms with E-state index in [1.54, 1.807) is 0 Å². The number of benzene rings is 2. The molecule has 0 amide bonds. The van der Waals surface area contributed by atoms with Crippen LogP contribution in [0.1, 0.15) is 59.1 Å². The van der Waals surface area contributed by atoms with Gasteiger partial charge in [0.15, 0.2) is 5.78 Å². The molecule has 2 unspecified atom stereocenters. The van der Waals surface area contributed by atoms with Gasteiger partial charge in [0.25, 0.3) is 10.1 Å². The Balaban J connectivity index is 2.08. The maximum Gasteiger partial charge on any atom is 0.417 e. The number of hydrogen-bond donors (Lipinski definition) is 1. The predicted octanol–water partition coefficient (Wildman–Crippen LogP) is 7.32. The monoisotopic (exact) mass is 687 g/mol. The lowest BCUT2D eigenvalue weighted by Gasteiger charge is -2.36. The zero-order valence-electron chi connectivity index (χ0n) is 23.1. The summed E-state index contributed by atoms with van der Waals surface area (Å²) in [4.78, 5) is 13.3. The van der Waals surface area contributed by atoms with Gasteiger partial charge < -0.3 is 5.32 Å². The first kappa shape index (κ1) is 36.6. The molecular weight excluding hydrogens is 662 g/mol. The number of alkyl halides is 12. The summed E-state index contributed by atoms with van der Waals surface area (Å²) in [6.07, 6.45) is -22.5. The average Bonchev–Trinajstić information content (AvgIpc) is 3.09. The van der Waals surface area contributed by atoms with Gasteiger partial charge in [-0.3, -0.25) is 8.98 Å². The third-order valence-corrected chi connectivity index (χ3v) is 7.95. The Labute approximate surface area is 249 Å². The van der Waals surface area contributed by atoms with Crippen LogP contribution in [-0.4, -0.2) is 39.7 Å². The quantitative estimate of drug-likeness (QED) is 0.233. The van der Waals surface area contributed by atoms with Gasteiger partial charge in [-0.05, 0) is 79.1 Å². The molecule has 0 bridgehead atoms. The predicted molar refractivity (Wildman–Crippen MR) is 134 cm³/mol. The molecule has 2 aromatic carbocycles. The van der Waals surface area contributed by atoms with E-state index in [0.717, 1.165) is 6.07 Å². The Morgan fingerprint density at radius 1 is 0.844 bits per heavy atom. The first-order valence-corrected chi connectivity index (χ1v) is 14.8. The van der Waals surface area contributed by atoms with Crippen molar-refractivity contribution in [2.45, 2.75) is 68.3 Å². The summed E-state index contributed by atoms with van der Waals surface area (Å²) in [5.74, 6) is -0.958. The molecule has 2 atom stereocenters. The topological polar surface area (TPSA) is 72.5 Å². The second kappa shape index (κ2) is 12.7. The van der Waals surface area contributed by atoms with E-state index in [1.165, 1.54) is 0 Å². The highest BCUT2D eigenvalue weighted by molar-refractivity contribution is 7.85. The fraction of sp³-hybridized carbons (Fsp3) is 0.519. The molecule has 252 valence electrons. The van der Waals surface area contributed by atoms with E-state index in [1.807, 2.05) is 0 Å². The van der Waals surface area contributed by atoms with Crippen LogP contribution in [0.25, 0.3) is 0 Å². The van der Waals surface area contributed by atoms with Gasteiger partial charge in [0.1, 0.15) is 0 Å². The van der Waals surface area contributed by atoms with Gasteiger partial charge in [-0.15, -0.1) is 0 Å². The zero-order chi connectivity index (χ0) is 34.2. The van der Waals surface area contributed by atoms with E-state index in [2.05, 4.69) is 5.32 Å². The van der Waals surface area contributed by atoms with Crippen LogP contribution in [0.15, 0.2) is 36.4 Å². The van der Waals surface area contributed by atoms with Crippen molar-refractivity contribution < 1.29 is 70.1 Å². The first-order valence-electron chi connectivity index (χ1n) is 13.0. The average molecular weight is 688 g/mol. The summed E-state index contributed by atoms with van der Waals surface area (Å²) < 4.78 is 190. The molecule has 5 nitrogen and oxygen atoms in total. The number of rotatable bonds is 8. The van der Waals surface area contributed by atoms with Crippen molar-refractivity contribution in [2.24, 2.45) is 0 Å². The number of halogens is 12. The van der Waals surface area contributed by atoms with Gasteiger partial charge in [-0.2, -0.15) is 61.1 Å². The van der Waals surface area contributed by atoms with E-state index in [-0.39, 0.29) is 43.1 Å². The standard InChI is InChI=1S/C27H25F12NO4S/c1-45(42,43)44-8-6-23(16-3-4-19(26(34,35)36)20(13-16)27(37,38)39)5-2-7-40-21(14-23)22(41)11-15-9-17(24(28,29)30)12-18(10-15)25(31,32)33/h3-4,9-10,12-13,21,40H,2,5-8,11,14H2,1H3. The van der Waals surface area contributed by atoms with E-state index in [0.29, 0.717) is 18.4 Å². The molecule has 18 heteroatoms. The highest BCUT2D eigenvalue weighted by atomic mass is 32.2. The molecule has 45 heavy (non-hydrogen) atoms. The van der Waals surface area contributed by atoms with Gasteiger partial charge in [0.05, 0.1) is 41.2 Å². The van der Waals surface area contributed by atoms with E-state index >= 15 is 0 Å². The van der Waals surface area contributed by atoms with Crippen molar-refractivity contribution in [2.75, 3.05) is 19.4 Å². The molecule has 0 radical (unpaired) electrons. The lowest BCUT2D eigenvalue weighted by Crippen LogP contribution is -2.42. The molecule has 0 saturated carbocycles. The van der Waals surface area contributed by atoms with E-state index < -0.39 is 106 Å². The SMILES string of the molecule is CS(=O)(=O)OCCC1(c2ccc(C(F)(F)F)c(C(F)(F)F)c2)CCCNC(C(=O)Cc2cc(C(F)(F)F)cc(C(F)(F)F)c2)C1. The molecule has 0 aromatic heterocycles. The number of carbonyl (C=O) groups is 1. The Morgan fingerprint density at radius 2 is 1.40 bits per heavy atom. The smallest absolute Gasteiger partial charge is 0.307 e. The van der Waals surface area contributed by atoms with Crippen LogP contribution in [0.5, 0.6) is 0 Å². The molecule has 1 saturated heterocycles. The van der Waals surface area contributed by atoms with Crippen LogP contribution < -0.4 is 5.32 Å². The van der Waals surface area contributed by atoms with E-state index in [9.17, 15) is 65.9 Å². The van der Waals surface area contributed by atoms with Crippen molar-refractivity contribution in [1.82, 2.24) is 5.32 Å². The van der Waals surface area contributed by atoms with Gasteiger partial charge in [-0.25, -0.2) is 0 Å². The maximum absolute atomic E-state index is 13.8. The Hall–Kier alpha value is -2.86. The summed E-state index contributed by atoms with van der Waals surface area (Å²) in [6, 6.07) is 0.366. The molecule has 0 aliphatic carbocycles. The van der Waals surface area contributed by atoms with Crippen LogP contribution in [0.2, 0.25) is 0 Å². The Kier molecular flexibility index (Phi) is 10.4. The summed E-state index contributed by atoms with van der Waals surface area (Å²) in [6.45, 7) is -0.682. The van der Waals surface area contributed by atoms with Crippen LogP contribution in [-0.2, 0) is 55.6 Å². The number of carbonyl (C=O) groups excluding carboxylic acids is 1. The highest BCUT2D eigenvalue weighted by Gasteiger charge is 2.46. The molecule has 1 N–H and O–H groups in total. The van der Waals surface area contributed by atoms with Crippen LogP contribution in [0.3, 0.4) is 0 Å². The molecule has 0 spiro atoms. The van der Waals surface area contributed by atoms with Crippen molar-refractivity contribution in [3.05, 3.63) is 69.8 Å². The fourth-order valence-electron chi connectivity index (χ4n) is 5.32. The van der Waals surface area contributed by atoms with Gasteiger partial charge >= 0.3 is 24.7 Å². The molecule has 1 heterocycles. The Morgan fingerprint density at radius 3 is 1.89 bits per heavy atom. The molecule has 1 aliphatic rings. The summed E-state index contributed by atoms with van der Waals surface area (Å²) in [5, 5.41) is 2.75. The lowest BCUT2D eigenvalue weighted by atomic mass is 9.69. The van der Waals surface area contributed by atoms with Crippen molar-refractivity contribution in [1.29, 1.82) is 0 Å². The van der Waals surface area contributed by atoms with Gasteiger partial charge in [-0.1, -0.05) is 6.07 Å². The van der Waals surface area contributed by atoms with E-state index in [4.69, 9.17) is 4.18 Å². The van der Waals surface area contributed by atoms with Crippen LogP contribution in [0, 0.1) is 0 Å². The van der Waals surface area contributed by atoms with Crippen molar-refractivity contribution >= 4 is 15.9 Å². The zero-order valence-corrected chi connectivity index (χ0v) is 23.9. The molecule has 3 rings (SSSR count). The number of Topliss-reactive ketones (excluding diaryl/α,β-unsaturated/α-hetero) is 1. The fourth-order valence-corrected chi connectivity index (χ4v) is 5.71. The third kappa shape index (κ3) is 9.57. The van der Waals surface area contributed by atoms with Gasteiger partial charge in [0, 0.05) is 6.42 Å². The molecular formula is C27H25F12NO4S. The summed E-state index contributed by atoms with van der Waals surface area (Å²) in [5.41, 5.74) is -10.0. The minimum atomic E-state index is -5.48. The third-order valence-electron chi connectivity index (χ3n) is 7.35. The number of ketones is 1. The molecule has 2 aromatic rings. The van der Waals surface area contributed by atoms with Crippen LogP contribution in [0.4, 0.5) is 52.7 Å². The second-order valence-corrected chi connectivity index (χ2v) is 12.3. The normalized spacial score (nSPS) is 20.6. The van der Waals surface area contributed by atoms with Gasteiger partial charge in [0.2, 0.25) is 0 Å². The van der Waals surface area contributed by atoms with Crippen LogP contribution >= 0.6 is 0 Å². The van der Waals surface area contributed by atoms with Crippen molar-refractivity contribution in [3.8, 4) is 0 Å². The molecule has 1 fully saturated rings. The minimum Gasteiger partial charge on any atom is -0.307 e. The minimum absolute atomic E-state index is 0.0196. The number of hydrogen-bond acceptors (Lipinski definition) is 5. The number of nitrogens with one attached hydrogen (secondary N) is 1. The maximum atomic E-state index is 13.8. The largest absolute Gasteiger partial charge is 0.417 e.